The predicted molar refractivity (Wildman–Crippen MR) is 86.2 cm³/mol. The summed E-state index contributed by atoms with van der Waals surface area (Å²) in [4.78, 5) is 19.3. The molecule has 0 heterocycles. The fraction of sp³-hybridized carbons (Fsp3) is 0. The van der Waals surface area contributed by atoms with Crippen molar-refractivity contribution in [2.45, 2.75) is 0 Å². The highest BCUT2D eigenvalue weighted by atomic mass is 35.5. The van der Waals surface area contributed by atoms with Gasteiger partial charge in [0.2, 0.25) is 0 Å². The average Bonchev–Trinajstić information content (AvgIpc) is 2.45. The first-order chi connectivity index (χ1) is 10.2. The van der Waals surface area contributed by atoms with E-state index in [1.807, 2.05) is 0 Å². The normalized spacial score (nSPS) is 9.64. The number of nitrogens with zero attached hydrogens (tertiary/aromatic N) is 2. The van der Waals surface area contributed by atoms with Gasteiger partial charge in [0.05, 0.1) is 24.9 Å². The zero-order valence-electron chi connectivity index (χ0n) is 10.5. The number of halogens is 4. The van der Waals surface area contributed by atoms with E-state index in [4.69, 9.17) is 46.4 Å². The van der Waals surface area contributed by atoms with Gasteiger partial charge in [0.1, 0.15) is 5.02 Å². The van der Waals surface area contributed by atoms with Crippen molar-refractivity contribution in [3.63, 3.8) is 0 Å². The van der Waals surface area contributed by atoms with Gasteiger partial charge in [-0.05, 0) is 12.1 Å². The fourth-order valence-electron chi connectivity index (χ4n) is 1.23. The van der Waals surface area contributed by atoms with Crippen LogP contribution in [0.5, 0.6) is 0 Å². The van der Waals surface area contributed by atoms with E-state index in [-0.39, 0.29) is 26.4 Å². The number of hydrogen-bond acceptors (Lipinski definition) is 4. The molecule has 0 saturated carbocycles. The maximum absolute atomic E-state index is 10.2. The molecule has 10 heteroatoms. The largest absolute Gasteiger partial charge is 0.289 e. The topological polar surface area (TPSA) is 86.3 Å². The molecule has 22 heavy (non-hydrogen) atoms. The van der Waals surface area contributed by atoms with Crippen LogP contribution in [0.1, 0.15) is 0 Å². The van der Waals surface area contributed by atoms with E-state index in [1.54, 1.807) is 0 Å². The van der Waals surface area contributed by atoms with Crippen molar-refractivity contribution in [3.8, 4) is 0 Å². The molecular formula is C12H6Cl4N2O4. The summed E-state index contributed by atoms with van der Waals surface area (Å²) in [5.41, 5.74) is -0.224. The summed E-state index contributed by atoms with van der Waals surface area (Å²) in [5.74, 6) is 0. The van der Waals surface area contributed by atoms with Gasteiger partial charge in [-0.25, -0.2) is 0 Å². The molecule has 0 aliphatic heterocycles. The second-order valence-electron chi connectivity index (χ2n) is 3.69. The van der Waals surface area contributed by atoms with Crippen molar-refractivity contribution in [1.29, 1.82) is 0 Å². The van der Waals surface area contributed by atoms with Crippen molar-refractivity contribution in [3.05, 3.63) is 76.7 Å². The quantitative estimate of drug-likeness (QED) is 0.484. The summed E-state index contributed by atoms with van der Waals surface area (Å²) in [7, 11) is 0. The molecule has 0 N–H and O–H groups in total. The van der Waals surface area contributed by atoms with E-state index in [0.717, 1.165) is 0 Å². The lowest BCUT2D eigenvalue weighted by molar-refractivity contribution is -0.385. The fourth-order valence-corrected chi connectivity index (χ4v) is 1.89. The van der Waals surface area contributed by atoms with E-state index in [2.05, 4.69) is 0 Å². The first-order valence-corrected chi connectivity index (χ1v) is 6.93. The van der Waals surface area contributed by atoms with Gasteiger partial charge in [0.25, 0.3) is 11.4 Å². The standard InChI is InChI=1S/2C6H3Cl2NO2/c7-5-2-1-4(9(10)11)3-6(5)8;7-4-2-1-3-5(6(4)8)9(10)11/h2*1-3H. The molecule has 0 amide bonds. The second-order valence-corrected chi connectivity index (χ2v) is 5.29. The summed E-state index contributed by atoms with van der Waals surface area (Å²) in [6, 6.07) is 8.18. The Kier molecular flexibility index (Phi) is 6.83. The van der Waals surface area contributed by atoms with Crippen LogP contribution in [0.2, 0.25) is 20.1 Å². The van der Waals surface area contributed by atoms with E-state index in [9.17, 15) is 20.2 Å². The van der Waals surface area contributed by atoms with Crippen LogP contribution in [0.3, 0.4) is 0 Å². The molecule has 116 valence electrons. The summed E-state index contributed by atoms with van der Waals surface area (Å²) in [5, 5.41) is 21.1. The Morgan fingerprint density at radius 3 is 1.86 bits per heavy atom. The van der Waals surface area contributed by atoms with Gasteiger partial charge >= 0.3 is 0 Å². The molecule has 0 saturated heterocycles. The molecule has 0 aliphatic rings. The number of nitro benzene ring substituents is 2. The highest BCUT2D eigenvalue weighted by Gasteiger charge is 2.13. The van der Waals surface area contributed by atoms with Crippen molar-refractivity contribution in [1.82, 2.24) is 0 Å². The minimum absolute atomic E-state index is 0.0147. The van der Waals surface area contributed by atoms with Gasteiger partial charge in [-0.1, -0.05) is 52.5 Å². The smallest absolute Gasteiger partial charge is 0.258 e. The Morgan fingerprint density at radius 2 is 1.41 bits per heavy atom. The van der Waals surface area contributed by atoms with Crippen LogP contribution < -0.4 is 0 Å². The van der Waals surface area contributed by atoms with Crippen LogP contribution in [-0.2, 0) is 0 Å². The number of hydrogen-bond donors (Lipinski definition) is 0. The molecule has 0 aromatic heterocycles. The molecule has 0 fully saturated rings. The SMILES string of the molecule is O=[N+]([O-])c1ccc(Cl)c(Cl)c1.O=[N+]([O-])c1cccc(Cl)c1Cl. The minimum atomic E-state index is -0.575. The minimum Gasteiger partial charge on any atom is -0.258 e. The Labute approximate surface area is 144 Å². The van der Waals surface area contributed by atoms with Crippen molar-refractivity contribution >= 4 is 57.8 Å². The van der Waals surface area contributed by atoms with Gasteiger partial charge in [0.15, 0.2) is 0 Å². The summed E-state index contributed by atoms with van der Waals surface area (Å²) in [6.45, 7) is 0. The second kappa shape index (κ2) is 8.14. The maximum atomic E-state index is 10.2. The number of nitro groups is 2. The first-order valence-electron chi connectivity index (χ1n) is 5.42. The van der Waals surface area contributed by atoms with Crippen LogP contribution in [-0.4, -0.2) is 9.85 Å². The molecule has 0 aliphatic carbocycles. The molecule has 0 bridgehead atoms. The molecule has 2 aromatic rings. The molecule has 2 aromatic carbocycles. The van der Waals surface area contributed by atoms with Gasteiger partial charge in [-0.3, -0.25) is 20.2 Å². The third-order valence-electron chi connectivity index (χ3n) is 2.24. The van der Waals surface area contributed by atoms with Crippen molar-refractivity contribution < 1.29 is 9.85 Å². The molecular weight excluding hydrogens is 378 g/mol. The van der Waals surface area contributed by atoms with Crippen LogP contribution in [0.25, 0.3) is 0 Å². The Bertz CT molecular complexity index is 724. The van der Waals surface area contributed by atoms with Gasteiger partial charge in [0, 0.05) is 18.2 Å². The zero-order valence-corrected chi connectivity index (χ0v) is 13.5. The lowest BCUT2D eigenvalue weighted by Crippen LogP contribution is -1.88. The van der Waals surface area contributed by atoms with Crippen molar-refractivity contribution in [2.24, 2.45) is 0 Å². The van der Waals surface area contributed by atoms with Gasteiger partial charge < -0.3 is 0 Å². The van der Waals surface area contributed by atoms with Gasteiger partial charge in [-0.15, -0.1) is 0 Å². The molecule has 0 spiro atoms. The van der Waals surface area contributed by atoms with E-state index in [0.29, 0.717) is 5.02 Å². The monoisotopic (exact) mass is 382 g/mol. The molecule has 0 radical (unpaired) electrons. The van der Waals surface area contributed by atoms with Crippen LogP contribution in [0.15, 0.2) is 36.4 Å². The molecule has 0 atom stereocenters. The molecule has 2 rings (SSSR count). The highest BCUT2D eigenvalue weighted by molar-refractivity contribution is 6.43. The lowest BCUT2D eigenvalue weighted by Gasteiger charge is -1.94. The average molecular weight is 384 g/mol. The van der Waals surface area contributed by atoms with Gasteiger partial charge in [-0.2, -0.15) is 0 Å². The number of benzene rings is 2. The van der Waals surface area contributed by atoms with Crippen molar-refractivity contribution in [2.75, 3.05) is 0 Å². The predicted octanol–water partition coefficient (Wildman–Crippen LogP) is 5.80. The number of rotatable bonds is 2. The Morgan fingerprint density at radius 1 is 0.773 bits per heavy atom. The summed E-state index contributed by atoms with van der Waals surface area (Å²) in [6.07, 6.45) is 0. The lowest BCUT2D eigenvalue weighted by atomic mass is 10.3. The third-order valence-corrected chi connectivity index (χ3v) is 3.79. The Balaban J connectivity index is 0.000000220. The summed E-state index contributed by atoms with van der Waals surface area (Å²) < 4.78 is 0. The third kappa shape index (κ3) is 4.99. The summed E-state index contributed by atoms with van der Waals surface area (Å²) >= 11 is 22.1. The zero-order chi connectivity index (χ0) is 16.9. The number of non-ortho nitro benzene ring substituents is 1. The maximum Gasteiger partial charge on any atom is 0.289 e. The van der Waals surface area contributed by atoms with Crippen LogP contribution in [0.4, 0.5) is 11.4 Å². The van der Waals surface area contributed by atoms with Crippen LogP contribution >= 0.6 is 46.4 Å². The molecule has 6 nitrogen and oxygen atoms in total. The first kappa shape index (κ1) is 18.4. The molecule has 0 unspecified atom stereocenters. The van der Waals surface area contributed by atoms with E-state index in [1.165, 1.54) is 36.4 Å². The van der Waals surface area contributed by atoms with E-state index < -0.39 is 9.85 Å². The Hall–Kier alpha value is -1.60. The highest BCUT2D eigenvalue weighted by Crippen LogP contribution is 2.30. The van der Waals surface area contributed by atoms with E-state index >= 15 is 0 Å². The van der Waals surface area contributed by atoms with Crippen LogP contribution in [0, 0.1) is 20.2 Å².